The first kappa shape index (κ1) is 16.9. The second-order valence-corrected chi connectivity index (χ2v) is 6.08. The second kappa shape index (κ2) is 7.19. The van der Waals surface area contributed by atoms with Gasteiger partial charge < -0.3 is 15.5 Å². The molecular weight excluding hydrogens is 294 g/mol. The molecule has 0 aliphatic rings. The molecule has 0 spiro atoms. The van der Waals surface area contributed by atoms with Gasteiger partial charge in [-0.25, -0.2) is 14.8 Å². The minimum Gasteiger partial charge on any atom is -0.476 e. The van der Waals surface area contributed by atoms with Gasteiger partial charge in [0.2, 0.25) is 0 Å². The summed E-state index contributed by atoms with van der Waals surface area (Å²) >= 11 is 0. The van der Waals surface area contributed by atoms with Crippen molar-refractivity contribution in [1.82, 2.24) is 9.97 Å². The number of carboxylic acid groups (broad SMARTS) is 1. The first-order valence-electron chi connectivity index (χ1n) is 7.39. The number of nitrogens with zero attached hydrogens (tertiary/aromatic N) is 2. The zero-order valence-corrected chi connectivity index (χ0v) is 13.2. The standard InChI is InChI=1S/C17H21N3O3/c1-17(2,11-21)13(12-6-4-3-5-7-12)8-19-15-10-18-14(9-20-15)16(22)23/h3-7,9-10,13,21H,8,11H2,1-2H3,(H,19,20)(H,22,23). The molecule has 1 aromatic carbocycles. The molecule has 122 valence electrons. The molecule has 0 saturated carbocycles. The number of nitrogens with one attached hydrogen (secondary N) is 1. The normalized spacial score (nSPS) is 12.7. The van der Waals surface area contributed by atoms with Gasteiger partial charge in [0, 0.05) is 19.1 Å². The van der Waals surface area contributed by atoms with Crippen LogP contribution in [0.3, 0.4) is 0 Å². The Morgan fingerprint density at radius 3 is 2.43 bits per heavy atom. The molecule has 0 bridgehead atoms. The average molecular weight is 315 g/mol. The fraction of sp³-hybridized carbons (Fsp3) is 0.353. The van der Waals surface area contributed by atoms with Crippen molar-refractivity contribution in [3.05, 3.63) is 54.0 Å². The molecule has 2 rings (SSSR count). The Hall–Kier alpha value is -2.47. The van der Waals surface area contributed by atoms with Crippen LogP contribution in [0, 0.1) is 5.41 Å². The van der Waals surface area contributed by atoms with E-state index in [4.69, 9.17) is 5.11 Å². The van der Waals surface area contributed by atoms with Crippen LogP contribution in [0.4, 0.5) is 5.82 Å². The Balaban J connectivity index is 2.14. The highest BCUT2D eigenvalue weighted by atomic mass is 16.4. The number of aromatic carboxylic acids is 1. The zero-order valence-electron chi connectivity index (χ0n) is 13.2. The van der Waals surface area contributed by atoms with Crippen LogP contribution in [0.1, 0.15) is 35.8 Å². The predicted octanol–water partition coefficient (Wildman–Crippen LogP) is 2.39. The van der Waals surface area contributed by atoms with Crippen LogP contribution in [0.5, 0.6) is 0 Å². The van der Waals surface area contributed by atoms with Crippen molar-refractivity contribution in [3.8, 4) is 0 Å². The van der Waals surface area contributed by atoms with Crippen molar-refractivity contribution in [3.63, 3.8) is 0 Å². The summed E-state index contributed by atoms with van der Waals surface area (Å²) in [5.74, 6) is -0.535. The molecule has 0 saturated heterocycles. The van der Waals surface area contributed by atoms with E-state index in [1.807, 2.05) is 44.2 Å². The van der Waals surface area contributed by atoms with Gasteiger partial charge in [-0.05, 0) is 11.0 Å². The molecule has 0 aliphatic carbocycles. The highest BCUT2D eigenvalue weighted by Crippen LogP contribution is 2.35. The van der Waals surface area contributed by atoms with Crippen LogP contribution < -0.4 is 5.32 Å². The lowest BCUT2D eigenvalue weighted by Crippen LogP contribution is -2.31. The molecule has 0 fully saturated rings. The SMILES string of the molecule is CC(C)(CO)C(CNc1cnc(C(=O)O)cn1)c1ccccc1. The molecule has 2 aromatic rings. The van der Waals surface area contributed by atoms with E-state index in [9.17, 15) is 9.90 Å². The number of rotatable bonds is 7. The fourth-order valence-corrected chi connectivity index (χ4v) is 2.38. The molecular formula is C17H21N3O3. The van der Waals surface area contributed by atoms with Crippen LogP contribution in [0.2, 0.25) is 0 Å². The molecule has 6 heteroatoms. The van der Waals surface area contributed by atoms with Gasteiger partial charge in [-0.1, -0.05) is 44.2 Å². The maximum Gasteiger partial charge on any atom is 0.356 e. The summed E-state index contributed by atoms with van der Waals surface area (Å²) in [4.78, 5) is 18.7. The maximum atomic E-state index is 10.8. The predicted molar refractivity (Wildman–Crippen MR) is 87.5 cm³/mol. The van der Waals surface area contributed by atoms with Gasteiger partial charge in [0.1, 0.15) is 5.82 Å². The summed E-state index contributed by atoms with van der Waals surface area (Å²) in [5.41, 5.74) is 0.711. The number of hydrogen-bond donors (Lipinski definition) is 3. The number of anilines is 1. The smallest absolute Gasteiger partial charge is 0.356 e. The number of aliphatic hydroxyl groups excluding tert-OH is 1. The van der Waals surface area contributed by atoms with Crippen LogP contribution in [-0.4, -0.2) is 39.3 Å². The largest absolute Gasteiger partial charge is 0.476 e. The van der Waals surface area contributed by atoms with E-state index in [-0.39, 0.29) is 23.6 Å². The molecule has 1 heterocycles. The minimum atomic E-state index is -1.10. The third-order valence-corrected chi connectivity index (χ3v) is 3.91. The van der Waals surface area contributed by atoms with Crippen LogP contribution in [0.15, 0.2) is 42.7 Å². The van der Waals surface area contributed by atoms with Gasteiger partial charge in [0.25, 0.3) is 0 Å². The van der Waals surface area contributed by atoms with Crippen LogP contribution >= 0.6 is 0 Å². The Labute approximate surface area is 135 Å². The Kier molecular flexibility index (Phi) is 5.28. The third kappa shape index (κ3) is 4.26. The minimum absolute atomic E-state index is 0.0534. The summed E-state index contributed by atoms with van der Waals surface area (Å²) in [6.07, 6.45) is 2.62. The van der Waals surface area contributed by atoms with Gasteiger partial charge in [0.05, 0.1) is 12.4 Å². The van der Waals surface area contributed by atoms with E-state index in [1.165, 1.54) is 12.4 Å². The van der Waals surface area contributed by atoms with Gasteiger partial charge in [0.15, 0.2) is 5.69 Å². The topological polar surface area (TPSA) is 95.3 Å². The lowest BCUT2D eigenvalue weighted by Gasteiger charge is -2.33. The third-order valence-electron chi connectivity index (χ3n) is 3.91. The Bertz CT molecular complexity index is 642. The molecule has 0 aliphatic heterocycles. The maximum absolute atomic E-state index is 10.8. The molecule has 1 atom stereocenters. The average Bonchev–Trinajstić information content (AvgIpc) is 2.56. The number of aliphatic hydroxyl groups is 1. The summed E-state index contributed by atoms with van der Waals surface area (Å²) in [6, 6.07) is 9.95. The van der Waals surface area contributed by atoms with Crippen molar-refractivity contribution >= 4 is 11.8 Å². The number of benzene rings is 1. The highest BCUT2D eigenvalue weighted by Gasteiger charge is 2.30. The number of carbonyl (C=O) groups is 1. The number of hydrogen-bond acceptors (Lipinski definition) is 5. The molecule has 6 nitrogen and oxygen atoms in total. The van der Waals surface area contributed by atoms with Crippen LogP contribution in [-0.2, 0) is 0 Å². The molecule has 1 aromatic heterocycles. The van der Waals surface area contributed by atoms with Crippen molar-refractivity contribution in [2.45, 2.75) is 19.8 Å². The first-order valence-corrected chi connectivity index (χ1v) is 7.39. The van der Waals surface area contributed by atoms with Crippen molar-refractivity contribution < 1.29 is 15.0 Å². The van der Waals surface area contributed by atoms with Gasteiger partial charge in [-0.15, -0.1) is 0 Å². The van der Waals surface area contributed by atoms with E-state index in [2.05, 4.69) is 15.3 Å². The van der Waals surface area contributed by atoms with Crippen molar-refractivity contribution in [1.29, 1.82) is 0 Å². The summed E-state index contributed by atoms with van der Waals surface area (Å²) in [5, 5.41) is 21.7. The van der Waals surface area contributed by atoms with E-state index in [0.717, 1.165) is 5.56 Å². The van der Waals surface area contributed by atoms with E-state index < -0.39 is 5.97 Å². The van der Waals surface area contributed by atoms with Gasteiger partial charge in [-0.3, -0.25) is 0 Å². The summed E-state index contributed by atoms with van der Waals surface area (Å²) < 4.78 is 0. The van der Waals surface area contributed by atoms with Crippen LogP contribution in [0.25, 0.3) is 0 Å². The molecule has 0 radical (unpaired) electrons. The molecule has 3 N–H and O–H groups in total. The lowest BCUT2D eigenvalue weighted by molar-refractivity contribution is 0.0690. The molecule has 0 amide bonds. The van der Waals surface area contributed by atoms with Crippen molar-refractivity contribution in [2.24, 2.45) is 5.41 Å². The number of carboxylic acids is 1. The Morgan fingerprint density at radius 2 is 1.91 bits per heavy atom. The quantitative estimate of drug-likeness (QED) is 0.726. The monoisotopic (exact) mass is 315 g/mol. The summed E-state index contributed by atoms with van der Waals surface area (Å²) in [7, 11) is 0. The van der Waals surface area contributed by atoms with Gasteiger partial charge >= 0.3 is 5.97 Å². The van der Waals surface area contributed by atoms with E-state index in [1.54, 1.807) is 0 Å². The Morgan fingerprint density at radius 1 is 1.22 bits per heavy atom. The lowest BCUT2D eigenvalue weighted by atomic mass is 9.75. The second-order valence-electron chi connectivity index (χ2n) is 6.08. The highest BCUT2D eigenvalue weighted by molar-refractivity contribution is 5.84. The molecule has 1 unspecified atom stereocenters. The van der Waals surface area contributed by atoms with E-state index >= 15 is 0 Å². The zero-order chi connectivity index (χ0) is 16.9. The van der Waals surface area contributed by atoms with E-state index in [0.29, 0.717) is 12.4 Å². The van der Waals surface area contributed by atoms with Crippen molar-refractivity contribution in [2.75, 3.05) is 18.5 Å². The fourth-order valence-electron chi connectivity index (χ4n) is 2.38. The first-order chi connectivity index (χ1) is 10.9. The molecule has 23 heavy (non-hydrogen) atoms. The number of aromatic nitrogens is 2. The summed E-state index contributed by atoms with van der Waals surface area (Å²) in [6.45, 7) is 4.62. The van der Waals surface area contributed by atoms with Gasteiger partial charge in [-0.2, -0.15) is 0 Å².